The molecule has 1 fully saturated rings. The largest absolute Gasteiger partial charge is 0.493 e. The Hall–Kier alpha value is -2.81. The summed E-state index contributed by atoms with van der Waals surface area (Å²) < 4.78 is 11.3. The van der Waals surface area contributed by atoms with E-state index in [9.17, 15) is 9.59 Å². The van der Waals surface area contributed by atoms with Crippen molar-refractivity contribution in [2.75, 3.05) is 45.2 Å². The first-order valence-electron chi connectivity index (χ1n) is 10.2. The molecule has 1 saturated heterocycles. The Morgan fingerprint density at radius 2 is 1.84 bits per heavy atom. The topological polar surface area (TPSA) is 87.9 Å². The maximum absolute atomic E-state index is 13.1. The van der Waals surface area contributed by atoms with Crippen LogP contribution in [0.3, 0.4) is 0 Å². The number of hydrogen-bond acceptors (Lipinski definition) is 6. The van der Waals surface area contributed by atoms with Crippen molar-refractivity contribution in [3.05, 3.63) is 52.0 Å². The second-order valence-corrected chi connectivity index (χ2v) is 8.14. The SMILES string of the molecule is CCN1CCN(C(=O)c2cc3c(C(=O)Nc4c(Cl)cncc4Cl)ccc(OC)c3o2)CC1. The summed E-state index contributed by atoms with van der Waals surface area (Å²) >= 11 is 12.3. The number of anilines is 1. The maximum atomic E-state index is 13.1. The van der Waals surface area contributed by atoms with Crippen LogP contribution >= 0.6 is 23.2 Å². The minimum absolute atomic E-state index is 0.156. The van der Waals surface area contributed by atoms with Crippen LogP contribution in [0.25, 0.3) is 11.0 Å². The van der Waals surface area contributed by atoms with Crippen molar-refractivity contribution >= 4 is 51.7 Å². The molecule has 2 amide bonds. The third kappa shape index (κ3) is 4.26. The molecule has 0 aliphatic carbocycles. The Morgan fingerprint density at radius 1 is 1.16 bits per heavy atom. The molecule has 1 aromatic carbocycles. The zero-order valence-corrected chi connectivity index (χ0v) is 19.2. The molecule has 1 N–H and O–H groups in total. The van der Waals surface area contributed by atoms with E-state index in [0.717, 1.165) is 19.6 Å². The summed E-state index contributed by atoms with van der Waals surface area (Å²) in [5.41, 5.74) is 0.872. The van der Waals surface area contributed by atoms with Gasteiger partial charge in [0.25, 0.3) is 11.8 Å². The lowest BCUT2D eigenvalue weighted by atomic mass is 10.1. The van der Waals surface area contributed by atoms with E-state index in [-0.39, 0.29) is 27.4 Å². The Balaban J connectivity index is 1.67. The summed E-state index contributed by atoms with van der Waals surface area (Å²) in [4.78, 5) is 34.0. The highest BCUT2D eigenvalue weighted by Gasteiger charge is 2.26. The van der Waals surface area contributed by atoms with Crippen LogP contribution in [-0.2, 0) is 0 Å². The van der Waals surface area contributed by atoms with Gasteiger partial charge in [0, 0.05) is 44.0 Å². The van der Waals surface area contributed by atoms with Crippen molar-refractivity contribution in [1.82, 2.24) is 14.8 Å². The molecule has 168 valence electrons. The molecule has 0 bridgehead atoms. The van der Waals surface area contributed by atoms with Crippen LogP contribution in [0.15, 0.2) is 35.0 Å². The Morgan fingerprint density at radius 3 is 2.47 bits per heavy atom. The van der Waals surface area contributed by atoms with Crippen LogP contribution in [0.4, 0.5) is 5.69 Å². The van der Waals surface area contributed by atoms with E-state index in [1.165, 1.54) is 19.5 Å². The fraction of sp³-hybridized carbons (Fsp3) is 0.318. The van der Waals surface area contributed by atoms with E-state index in [4.69, 9.17) is 32.4 Å². The fourth-order valence-corrected chi connectivity index (χ4v) is 4.16. The molecule has 3 heterocycles. The van der Waals surface area contributed by atoms with Crippen molar-refractivity contribution in [3.8, 4) is 5.75 Å². The molecule has 0 unspecified atom stereocenters. The van der Waals surface area contributed by atoms with Crippen LogP contribution < -0.4 is 10.1 Å². The number of benzene rings is 1. The molecular weight excluding hydrogens is 455 g/mol. The molecule has 32 heavy (non-hydrogen) atoms. The molecule has 3 aromatic rings. The third-order valence-corrected chi connectivity index (χ3v) is 6.09. The zero-order valence-electron chi connectivity index (χ0n) is 17.7. The van der Waals surface area contributed by atoms with Crippen LogP contribution in [0, 0.1) is 0 Å². The van der Waals surface area contributed by atoms with E-state index in [1.54, 1.807) is 23.1 Å². The summed E-state index contributed by atoms with van der Waals surface area (Å²) in [6.07, 6.45) is 2.78. The number of carbonyl (C=O) groups is 2. The molecular formula is C22H22Cl2N4O4. The number of nitrogens with one attached hydrogen (secondary N) is 1. The average Bonchev–Trinajstić information content (AvgIpc) is 3.26. The fourth-order valence-electron chi connectivity index (χ4n) is 3.70. The predicted molar refractivity (Wildman–Crippen MR) is 123 cm³/mol. The third-order valence-electron chi connectivity index (χ3n) is 5.52. The maximum Gasteiger partial charge on any atom is 0.289 e. The highest BCUT2D eigenvalue weighted by Crippen LogP contribution is 2.34. The van der Waals surface area contributed by atoms with Crippen LogP contribution in [0.2, 0.25) is 10.0 Å². The lowest BCUT2D eigenvalue weighted by Gasteiger charge is -2.33. The minimum atomic E-state index is -0.455. The van der Waals surface area contributed by atoms with E-state index in [0.29, 0.717) is 35.4 Å². The van der Waals surface area contributed by atoms with Gasteiger partial charge in [0.1, 0.15) is 0 Å². The van der Waals surface area contributed by atoms with Crippen molar-refractivity contribution < 1.29 is 18.7 Å². The quantitative estimate of drug-likeness (QED) is 0.594. The molecule has 4 rings (SSSR count). The second kappa shape index (κ2) is 9.36. The summed E-state index contributed by atoms with van der Waals surface area (Å²) in [6, 6.07) is 4.80. The van der Waals surface area contributed by atoms with Gasteiger partial charge in [0.2, 0.25) is 0 Å². The number of rotatable bonds is 5. The molecule has 1 aliphatic heterocycles. The predicted octanol–water partition coefficient (Wildman–Crippen LogP) is 4.17. The molecule has 0 radical (unpaired) electrons. The molecule has 0 atom stereocenters. The smallest absolute Gasteiger partial charge is 0.289 e. The van der Waals surface area contributed by atoms with Gasteiger partial charge in [-0.3, -0.25) is 14.6 Å². The minimum Gasteiger partial charge on any atom is -0.493 e. The number of fused-ring (bicyclic) bond motifs is 1. The molecule has 0 saturated carbocycles. The normalized spacial score (nSPS) is 14.6. The number of aromatic nitrogens is 1. The van der Waals surface area contributed by atoms with Crippen LogP contribution in [-0.4, -0.2) is 66.4 Å². The van der Waals surface area contributed by atoms with Crippen molar-refractivity contribution in [2.24, 2.45) is 0 Å². The van der Waals surface area contributed by atoms with Gasteiger partial charge in [0.15, 0.2) is 17.1 Å². The van der Waals surface area contributed by atoms with Crippen LogP contribution in [0.1, 0.15) is 27.8 Å². The lowest BCUT2D eigenvalue weighted by molar-refractivity contribution is 0.0614. The molecule has 0 spiro atoms. The van der Waals surface area contributed by atoms with E-state index >= 15 is 0 Å². The molecule has 10 heteroatoms. The van der Waals surface area contributed by atoms with Gasteiger partial charge in [-0.2, -0.15) is 0 Å². The number of carbonyl (C=O) groups excluding carboxylic acids is 2. The number of piperazine rings is 1. The van der Waals surface area contributed by atoms with Gasteiger partial charge >= 0.3 is 0 Å². The van der Waals surface area contributed by atoms with E-state index in [2.05, 4.69) is 22.1 Å². The van der Waals surface area contributed by atoms with Gasteiger partial charge in [-0.05, 0) is 24.7 Å². The number of amides is 2. The molecule has 8 nitrogen and oxygen atoms in total. The Kier molecular flexibility index (Phi) is 6.55. The number of hydrogen-bond donors (Lipinski definition) is 1. The Bertz CT molecular complexity index is 1150. The number of likely N-dealkylation sites (N-methyl/N-ethyl adjacent to an activating group) is 1. The zero-order chi connectivity index (χ0) is 22.8. The van der Waals surface area contributed by atoms with E-state index < -0.39 is 5.91 Å². The summed E-state index contributed by atoms with van der Waals surface area (Å²) in [6.45, 7) is 5.91. The standard InChI is InChI=1S/C22H22Cl2N4O4/c1-3-27-6-8-28(9-7-27)22(30)18-10-14-13(4-5-17(31-2)20(14)32-18)21(29)26-19-15(23)11-25-12-16(19)24/h4-5,10-12H,3,6-9H2,1-2H3,(H,25,26,29). The average molecular weight is 477 g/mol. The highest BCUT2D eigenvalue weighted by molar-refractivity contribution is 6.39. The van der Waals surface area contributed by atoms with Gasteiger partial charge in [0.05, 0.1) is 28.4 Å². The number of furan rings is 1. The number of pyridine rings is 1. The second-order valence-electron chi connectivity index (χ2n) is 7.33. The number of ether oxygens (including phenoxy) is 1. The summed E-state index contributed by atoms with van der Waals surface area (Å²) in [7, 11) is 1.50. The van der Waals surface area contributed by atoms with Gasteiger partial charge in [-0.15, -0.1) is 0 Å². The van der Waals surface area contributed by atoms with Crippen molar-refractivity contribution in [1.29, 1.82) is 0 Å². The van der Waals surface area contributed by atoms with Gasteiger partial charge in [-0.25, -0.2) is 0 Å². The first-order chi connectivity index (χ1) is 15.4. The number of halogens is 2. The first kappa shape index (κ1) is 22.4. The monoisotopic (exact) mass is 476 g/mol. The summed E-state index contributed by atoms with van der Waals surface area (Å²) in [5.74, 6) is -0.0931. The number of methoxy groups -OCH3 is 1. The number of nitrogens with zero attached hydrogens (tertiary/aromatic N) is 3. The van der Waals surface area contributed by atoms with E-state index in [1.807, 2.05) is 0 Å². The Labute approximate surface area is 195 Å². The van der Waals surface area contributed by atoms with Crippen LogP contribution in [0.5, 0.6) is 5.75 Å². The lowest BCUT2D eigenvalue weighted by Crippen LogP contribution is -2.48. The van der Waals surface area contributed by atoms with Gasteiger partial charge in [-0.1, -0.05) is 30.1 Å². The summed E-state index contributed by atoms with van der Waals surface area (Å²) in [5, 5.41) is 3.59. The van der Waals surface area contributed by atoms with Gasteiger partial charge < -0.3 is 24.3 Å². The molecule has 1 aliphatic rings. The van der Waals surface area contributed by atoms with Crippen molar-refractivity contribution in [3.63, 3.8) is 0 Å². The highest BCUT2D eigenvalue weighted by atomic mass is 35.5. The first-order valence-corrected chi connectivity index (χ1v) is 10.9. The van der Waals surface area contributed by atoms with Crippen molar-refractivity contribution in [2.45, 2.75) is 6.92 Å². The molecule has 2 aromatic heterocycles.